The quantitative estimate of drug-likeness (QED) is 0.689. The van der Waals surface area contributed by atoms with Gasteiger partial charge in [-0.25, -0.2) is 0 Å². The van der Waals surface area contributed by atoms with Crippen molar-refractivity contribution in [3.63, 3.8) is 0 Å². The van der Waals surface area contributed by atoms with E-state index in [4.69, 9.17) is 0 Å². The van der Waals surface area contributed by atoms with Gasteiger partial charge in [-0.1, -0.05) is 43.4 Å². The van der Waals surface area contributed by atoms with Crippen molar-refractivity contribution in [2.75, 3.05) is 13.1 Å². The van der Waals surface area contributed by atoms with E-state index >= 15 is 0 Å². The van der Waals surface area contributed by atoms with Crippen molar-refractivity contribution in [2.45, 2.75) is 69.2 Å². The summed E-state index contributed by atoms with van der Waals surface area (Å²) in [7, 11) is 0. The maximum Gasteiger partial charge on any atom is 0.255 e. The molecule has 1 aromatic carbocycles. The van der Waals surface area contributed by atoms with Crippen LogP contribution in [0.25, 0.3) is 0 Å². The van der Waals surface area contributed by atoms with Crippen molar-refractivity contribution in [2.24, 2.45) is 0 Å². The van der Waals surface area contributed by atoms with Crippen molar-refractivity contribution >= 4 is 17.7 Å². The number of carbonyl (C=O) groups excluding carboxylic acids is 3. The second kappa shape index (κ2) is 8.54. The Labute approximate surface area is 194 Å². The lowest BCUT2D eigenvalue weighted by molar-refractivity contribution is -0.136. The van der Waals surface area contributed by atoms with Gasteiger partial charge in [-0.2, -0.15) is 0 Å². The third-order valence-corrected chi connectivity index (χ3v) is 7.97. The molecule has 0 radical (unpaired) electrons. The fourth-order valence-corrected chi connectivity index (χ4v) is 5.98. The Bertz CT molecular complexity index is 1040. The van der Waals surface area contributed by atoms with Crippen molar-refractivity contribution in [1.29, 1.82) is 0 Å². The molecule has 3 heterocycles. The van der Waals surface area contributed by atoms with Gasteiger partial charge in [-0.3, -0.25) is 24.6 Å². The largest absolute Gasteiger partial charge is 0.387 e. The van der Waals surface area contributed by atoms with Gasteiger partial charge in [0.15, 0.2) is 0 Å². The number of nitrogens with one attached hydrogen (secondary N) is 1. The molecule has 0 spiro atoms. The van der Waals surface area contributed by atoms with Crippen LogP contribution in [0.2, 0.25) is 0 Å². The molecular weight excluding hydrogens is 418 g/mol. The van der Waals surface area contributed by atoms with E-state index in [0.717, 1.165) is 37.9 Å². The SMILES string of the molecule is CC[C@@]1(N2CCC(c3ccc4c(c3)CN(C3CCC(=O)NC3=O)C4=O)CC2)C=CC=CC1O. The maximum atomic E-state index is 12.9. The molecule has 1 aliphatic carbocycles. The molecule has 7 heteroatoms. The molecule has 3 atom stereocenters. The number of aliphatic hydroxyl groups is 1. The second-order valence-electron chi connectivity index (χ2n) is 9.61. The molecule has 3 amide bonds. The minimum atomic E-state index is -0.580. The summed E-state index contributed by atoms with van der Waals surface area (Å²) in [6.45, 7) is 4.36. The number of likely N-dealkylation sites (tertiary alicyclic amines) is 1. The summed E-state index contributed by atoms with van der Waals surface area (Å²) >= 11 is 0. The minimum Gasteiger partial charge on any atom is -0.387 e. The third-order valence-electron chi connectivity index (χ3n) is 7.97. The van der Waals surface area contributed by atoms with Crippen molar-refractivity contribution < 1.29 is 19.5 Å². The van der Waals surface area contributed by atoms with E-state index in [1.165, 1.54) is 5.56 Å². The highest BCUT2D eigenvalue weighted by Gasteiger charge is 2.42. The zero-order chi connectivity index (χ0) is 23.2. The van der Waals surface area contributed by atoms with E-state index < -0.39 is 12.1 Å². The molecule has 4 aliphatic rings. The molecule has 33 heavy (non-hydrogen) atoms. The summed E-state index contributed by atoms with van der Waals surface area (Å²) in [5, 5.41) is 13.0. The molecule has 174 valence electrons. The lowest BCUT2D eigenvalue weighted by Crippen LogP contribution is -2.57. The highest BCUT2D eigenvalue weighted by Crippen LogP contribution is 2.38. The van der Waals surface area contributed by atoms with Crippen LogP contribution >= 0.6 is 0 Å². The molecule has 0 bridgehead atoms. The number of allylic oxidation sites excluding steroid dienone is 2. The Kier molecular flexibility index (Phi) is 5.70. The number of fused-ring (bicyclic) bond motifs is 1. The van der Waals surface area contributed by atoms with Gasteiger partial charge >= 0.3 is 0 Å². The van der Waals surface area contributed by atoms with E-state index in [-0.39, 0.29) is 29.7 Å². The number of hydrogen-bond acceptors (Lipinski definition) is 5. The number of rotatable bonds is 4. The van der Waals surface area contributed by atoms with Gasteiger partial charge in [0.2, 0.25) is 11.8 Å². The zero-order valence-corrected chi connectivity index (χ0v) is 19.0. The highest BCUT2D eigenvalue weighted by atomic mass is 16.3. The molecule has 7 nitrogen and oxygen atoms in total. The predicted molar refractivity (Wildman–Crippen MR) is 123 cm³/mol. The average Bonchev–Trinajstić information content (AvgIpc) is 3.15. The summed E-state index contributed by atoms with van der Waals surface area (Å²) in [5.41, 5.74) is 2.53. The first-order valence-electron chi connectivity index (χ1n) is 12.0. The van der Waals surface area contributed by atoms with Crippen LogP contribution in [0.3, 0.4) is 0 Å². The summed E-state index contributed by atoms with van der Waals surface area (Å²) in [4.78, 5) is 40.7. The maximum absolute atomic E-state index is 12.9. The molecule has 0 aromatic heterocycles. The number of amides is 3. The van der Waals surface area contributed by atoms with Crippen LogP contribution in [0.5, 0.6) is 0 Å². The number of nitrogens with zero attached hydrogens (tertiary/aromatic N) is 2. The standard InChI is InChI=1S/C26H31N3O4/c1-2-26(12-4-3-5-22(26)30)28-13-10-17(11-14-28)18-6-7-20-19(15-18)16-29(25(20)33)21-8-9-23(31)27-24(21)32/h3-7,12,15,17,21-22,30H,2,8-11,13-14,16H2,1H3,(H,27,31,32)/t21?,22?,26-/m1/s1. The summed E-state index contributed by atoms with van der Waals surface area (Å²) < 4.78 is 0. The van der Waals surface area contributed by atoms with Crippen molar-refractivity contribution in [1.82, 2.24) is 15.1 Å². The Morgan fingerprint density at radius 2 is 1.91 bits per heavy atom. The summed E-state index contributed by atoms with van der Waals surface area (Å²) in [6.07, 6.45) is 11.0. The molecule has 2 fully saturated rings. The van der Waals surface area contributed by atoms with E-state index in [1.54, 1.807) is 4.90 Å². The van der Waals surface area contributed by atoms with E-state index in [1.807, 2.05) is 24.3 Å². The lowest BCUT2D eigenvalue weighted by atomic mass is 9.80. The van der Waals surface area contributed by atoms with Gasteiger partial charge in [-0.15, -0.1) is 0 Å². The average molecular weight is 450 g/mol. The monoisotopic (exact) mass is 449 g/mol. The summed E-state index contributed by atoms with van der Waals surface area (Å²) in [5.74, 6) is -0.373. The van der Waals surface area contributed by atoms with Crippen molar-refractivity contribution in [3.05, 3.63) is 59.2 Å². The fourth-order valence-electron chi connectivity index (χ4n) is 5.98. The highest BCUT2D eigenvalue weighted by molar-refractivity contribution is 6.05. The second-order valence-corrected chi connectivity index (χ2v) is 9.61. The van der Waals surface area contributed by atoms with E-state index in [2.05, 4.69) is 35.3 Å². The molecule has 2 unspecified atom stereocenters. The third kappa shape index (κ3) is 3.73. The Hall–Kier alpha value is -2.77. The number of carbonyl (C=O) groups is 3. The summed E-state index contributed by atoms with van der Waals surface area (Å²) in [6, 6.07) is 5.51. The number of aliphatic hydroxyl groups excluding tert-OH is 1. The lowest BCUT2D eigenvalue weighted by Gasteiger charge is -2.48. The van der Waals surface area contributed by atoms with Gasteiger partial charge in [0.05, 0.1) is 11.6 Å². The first-order chi connectivity index (χ1) is 15.9. The van der Waals surface area contributed by atoms with Gasteiger partial charge in [-0.05, 0) is 61.9 Å². The first kappa shape index (κ1) is 22.0. The van der Waals surface area contributed by atoms with Crippen LogP contribution < -0.4 is 5.32 Å². The topological polar surface area (TPSA) is 90.0 Å². The van der Waals surface area contributed by atoms with Gasteiger partial charge < -0.3 is 10.0 Å². The van der Waals surface area contributed by atoms with Crippen LogP contribution in [-0.2, 0) is 16.1 Å². The molecule has 5 rings (SSSR count). The van der Waals surface area contributed by atoms with Crippen LogP contribution in [0.15, 0.2) is 42.5 Å². The number of benzene rings is 1. The van der Waals surface area contributed by atoms with Gasteiger partial charge in [0.25, 0.3) is 5.91 Å². The molecule has 1 aromatic rings. The van der Waals surface area contributed by atoms with E-state index in [9.17, 15) is 19.5 Å². The Morgan fingerprint density at radius 1 is 1.12 bits per heavy atom. The molecule has 0 saturated carbocycles. The van der Waals surface area contributed by atoms with Crippen LogP contribution in [-0.4, -0.2) is 63.4 Å². The zero-order valence-electron chi connectivity index (χ0n) is 19.0. The smallest absolute Gasteiger partial charge is 0.255 e. The Morgan fingerprint density at radius 3 is 2.61 bits per heavy atom. The predicted octanol–water partition coefficient (Wildman–Crippen LogP) is 2.26. The van der Waals surface area contributed by atoms with E-state index in [0.29, 0.717) is 24.4 Å². The van der Waals surface area contributed by atoms with Gasteiger partial charge in [0, 0.05) is 18.5 Å². The fraction of sp³-hybridized carbons (Fsp3) is 0.500. The molecule has 3 aliphatic heterocycles. The number of piperidine rings is 2. The number of imide groups is 1. The molecular formula is C26H31N3O4. The Balaban J connectivity index is 1.28. The van der Waals surface area contributed by atoms with Crippen LogP contribution in [0, 0.1) is 0 Å². The van der Waals surface area contributed by atoms with Crippen LogP contribution in [0.4, 0.5) is 0 Å². The van der Waals surface area contributed by atoms with Gasteiger partial charge in [0.1, 0.15) is 6.04 Å². The first-order valence-corrected chi connectivity index (χ1v) is 12.0. The number of hydrogen-bond donors (Lipinski definition) is 2. The molecule has 2 N–H and O–H groups in total. The minimum absolute atomic E-state index is 0.128. The normalized spacial score (nSPS) is 30.6. The van der Waals surface area contributed by atoms with Crippen LogP contribution in [0.1, 0.15) is 66.4 Å². The van der Waals surface area contributed by atoms with Crippen molar-refractivity contribution in [3.8, 4) is 0 Å². The molecule has 2 saturated heterocycles.